The SMILES string of the molecule is COc1ccc(S(=O)(=O)N[C@@H](C)C(=O)OCC(=O)Nc2cc3c(cc2C(C)=O)OCO3)cc1. The molecule has 0 fully saturated rings. The maximum absolute atomic E-state index is 12.4. The Hall–Kier alpha value is -3.64. The van der Waals surface area contributed by atoms with E-state index < -0.39 is 34.5 Å². The van der Waals surface area contributed by atoms with E-state index >= 15 is 0 Å². The normalized spacial score (nSPS) is 13.2. The van der Waals surface area contributed by atoms with Gasteiger partial charge >= 0.3 is 5.97 Å². The van der Waals surface area contributed by atoms with Crippen molar-refractivity contribution in [3.8, 4) is 17.2 Å². The zero-order chi connectivity index (χ0) is 24.2. The minimum Gasteiger partial charge on any atom is -0.497 e. The number of hydrogen-bond donors (Lipinski definition) is 2. The van der Waals surface area contributed by atoms with E-state index in [0.29, 0.717) is 17.2 Å². The molecule has 1 amide bonds. The quantitative estimate of drug-likeness (QED) is 0.404. The molecule has 0 bridgehead atoms. The average Bonchev–Trinajstić information content (AvgIpc) is 3.24. The summed E-state index contributed by atoms with van der Waals surface area (Å²) in [6.45, 7) is 1.90. The van der Waals surface area contributed by atoms with Crippen LogP contribution in [0.15, 0.2) is 41.3 Å². The van der Waals surface area contributed by atoms with Crippen LogP contribution in [0.5, 0.6) is 17.2 Å². The van der Waals surface area contributed by atoms with Crippen LogP contribution in [0.2, 0.25) is 0 Å². The lowest BCUT2D eigenvalue weighted by Crippen LogP contribution is -2.40. The first-order valence-corrected chi connectivity index (χ1v) is 11.2. The second-order valence-corrected chi connectivity index (χ2v) is 8.70. The van der Waals surface area contributed by atoms with Crippen molar-refractivity contribution < 1.29 is 41.7 Å². The van der Waals surface area contributed by atoms with Crippen molar-refractivity contribution in [2.24, 2.45) is 0 Å². The number of hydrogen-bond acceptors (Lipinski definition) is 9. The first kappa shape index (κ1) is 24.0. The van der Waals surface area contributed by atoms with Gasteiger partial charge in [-0.25, -0.2) is 8.42 Å². The van der Waals surface area contributed by atoms with Crippen LogP contribution in [0.3, 0.4) is 0 Å². The highest BCUT2D eigenvalue weighted by Crippen LogP contribution is 2.37. The van der Waals surface area contributed by atoms with Crippen LogP contribution < -0.4 is 24.2 Å². The molecule has 0 radical (unpaired) electrons. The number of fused-ring (bicyclic) bond motifs is 1. The summed E-state index contributed by atoms with van der Waals surface area (Å²) < 4.78 is 47.4. The largest absolute Gasteiger partial charge is 0.497 e. The van der Waals surface area contributed by atoms with Gasteiger partial charge in [-0.3, -0.25) is 14.4 Å². The van der Waals surface area contributed by atoms with E-state index in [1.165, 1.54) is 57.4 Å². The summed E-state index contributed by atoms with van der Waals surface area (Å²) in [6, 6.07) is 7.20. The van der Waals surface area contributed by atoms with Crippen LogP contribution in [0.1, 0.15) is 24.2 Å². The summed E-state index contributed by atoms with van der Waals surface area (Å²) in [6.07, 6.45) is 0. The van der Waals surface area contributed by atoms with Gasteiger partial charge in [-0.2, -0.15) is 4.72 Å². The fraction of sp³-hybridized carbons (Fsp3) is 0.286. The van der Waals surface area contributed by atoms with Crippen LogP contribution in [-0.2, 0) is 24.3 Å². The van der Waals surface area contributed by atoms with Gasteiger partial charge in [0, 0.05) is 11.6 Å². The molecule has 1 atom stereocenters. The number of nitrogens with one attached hydrogen (secondary N) is 2. The molecule has 176 valence electrons. The predicted molar refractivity (Wildman–Crippen MR) is 115 cm³/mol. The Morgan fingerprint density at radius 3 is 2.33 bits per heavy atom. The number of esters is 1. The van der Waals surface area contributed by atoms with E-state index in [0.717, 1.165) is 0 Å². The molecule has 1 heterocycles. The average molecular weight is 478 g/mol. The molecule has 0 saturated heterocycles. The third-order valence-corrected chi connectivity index (χ3v) is 6.12. The predicted octanol–water partition coefficient (Wildman–Crippen LogP) is 1.48. The Morgan fingerprint density at radius 2 is 1.73 bits per heavy atom. The first-order chi connectivity index (χ1) is 15.6. The molecule has 12 heteroatoms. The molecule has 1 aliphatic heterocycles. The Balaban J connectivity index is 1.58. The highest BCUT2D eigenvalue weighted by Gasteiger charge is 2.25. The first-order valence-electron chi connectivity index (χ1n) is 9.68. The van der Waals surface area contributed by atoms with Gasteiger partial charge < -0.3 is 24.3 Å². The van der Waals surface area contributed by atoms with Gasteiger partial charge in [0.25, 0.3) is 5.91 Å². The van der Waals surface area contributed by atoms with E-state index in [1.807, 2.05) is 0 Å². The number of carbonyl (C=O) groups is 3. The van der Waals surface area contributed by atoms with Gasteiger partial charge in [-0.15, -0.1) is 0 Å². The summed E-state index contributed by atoms with van der Waals surface area (Å²) in [4.78, 5) is 36.3. The number of benzene rings is 2. The van der Waals surface area contributed by atoms with Gasteiger partial charge in [-0.05, 0) is 44.2 Å². The molecule has 2 aromatic rings. The smallest absolute Gasteiger partial charge is 0.324 e. The van der Waals surface area contributed by atoms with Crippen LogP contribution in [0.4, 0.5) is 5.69 Å². The Kier molecular flexibility index (Phi) is 7.19. The zero-order valence-electron chi connectivity index (χ0n) is 18.0. The van der Waals surface area contributed by atoms with Gasteiger partial charge in [-0.1, -0.05) is 0 Å². The molecule has 1 aliphatic rings. The molecule has 0 unspecified atom stereocenters. The van der Waals surface area contributed by atoms with Crippen LogP contribution >= 0.6 is 0 Å². The molecule has 33 heavy (non-hydrogen) atoms. The number of ketones is 1. The molecule has 0 aliphatic carbocycles. The van der Waals surface area contributed by atoms with Crippen molar-refractivity contribution >= 4 is 33.4 Å². The molecule has 0 aromatic heterocycles. The van der Waals surface area contributed by atoms with Gasteiger partial charge in [0.05, 0.1) is 17.7 Å². The molecule has 3 rings (SSSR count). The number of amides is 1. The minimum absolute atomic E-state index is 0.00792. The number of sulfonamides is 1. The standard InChI is InChI=1S/C21H22N2O9S/c1-12(23-33(27,28)15-6-4-14(29-3)5-7-15)21(26)30-10-20(25)22-17-9-19-18(31-11-32-19)8-16(17)13(2)24/h4-9,12,23H,10-11H2,1-3H3,(H,22,25)/t12-/m0/s1. The van der Waals surface area contributed by atoms with Crippen molar-refractivity contribution in [1.82, 2.24) is 4.72 Å². The second kappa shape index (κ2) is 9.88. The molecule has 2 N–H and O–H groups in total. The van der Waals surface area contributed by atoms with Gasteiger partial charge in [0.2, 0.25) is 16.8 Å². The van der Waals surface area contributed by atoms with E-state index in [9.17, 15) is 22.8 Å². The monoisotopic (exact) mass is 478 g/mol. The maximum Gasteiger partial charge on any atom is 0.324 e. The fourth-order valence-corrected chi connectivity index (χ4v) is 4.08. The summed E-state index contributed by atoms with van der Waals surface area (Å²) >= 11 is 0. The number of anilines is 1. The lowest BCUT2D eigenvalue weighted by molar-refractivity contribution is -0.148. The molecule has 11 nitrogen and oxygen atoms in total. The Bertz CT molecular complexity index is 1180. The van der Waals surface area contributed by atoms with Crippen molar-refractivity contribution in [1.29, 1.82) is 0 Å². The lowest BCUT2D eigenvalue weighted by Gasteiger charge is -2.14. The minimum atomic E-state index is -4.01. The third kappa shape index (κ3) is 5.79. The molecular weight excluding hydrogens is 456 g/mol. The topological polar surface area (TPSA) is 146 Å². The number of Topliss-reactive ketones (excluding diaryl/α,β-unsaturated/α-hetero) is 1. The van der Waals surface area contributed by atoms with Crippen molar-refractivity contribution in [2.75, 3.05) is 25.8 Å². The Labute approximate surface area is 190 Å². The summed E-state index contributed by atoms with van der Waals surface area (Å²) in [5.41, 5.74) is 0.362. The summed E-state index contributed by atoms with van der Waals surface area (Å²) in [5.74, 6) is -0.795. The number of carbonyl (C=O) groups excluding carboxylic acids is 3. The summed E-state index contributed by atoms with van der Waals surface area (Å²) in [7, 11) is -2.56. The Morgan fingerprint density at radius 1 is 1.09 bits per heavy atom. The van der Waals surface area contributed by atoms with Crippen molar-refractivity contribution in [3.63, 3.8) is 0 Å². The van der Waals surface area contributed by atoms with Crippen LogP contribution in [0.25, 0.3) is 0 Å². The third-order valence-electron chi connectivity index (χ3n) is 4.57. The zero-order valence-corrected chi connectivity index (χ0v) is 18.9. The van der Waals surface area contributed by atoms with E-state index in [2.05, 4.69) is 10.0 Å². The van der Waals surface area contributed by atoms with Crippen molar-refractivity contribution in [3.05, 3.63) is 42.0 Å². The fourth-order valence-electron chi connectivity index (χ4n) is 2.89. The number of ether oxygens (including phenoxy) is 4. The highest BCUT2D eigenvalue weighted by atomic mass is 32.2. The van der Waals surface area contributed by atoms with Crippen molar-refractivity contribution in [2.45, 2.75) is 24.8 Å². The number of rotatable bonds is 9. The van der Waals surface area contributed by atoms with E-state index in [4.69, 9.17) is 18.9 Å². The van der Waals surface area contributed by atoms with E-state index in [1.54, 1.807) is 0 Å². The number of methoxy groups -OCH3 is 1. The summed E-state index contributed by atoms with van der Waals surface area (Å²) in [5, 5.41) is 2.48. The van der Waals surface area contributed by atoms with Crippen LogP contribution in [-0.4, -0.2) is 52.6 Å². The van der Waals surface area contributed by atoms with E-state index in [-0.39, 0.29) is 28.7 Å². The molecule has 2 aromatic carbocycles. The second-order valence-electron chi connectivity index (χ2n) is 6.98. The van der Waals surface area contributed by atoms with Gasteiger partial charge in [0.1, 0.15) is 11.8 Å². The van der Waals surface area contributed by atoms with Crippen LogP contribution in [0, 0.1) is 0 Å². The molecule has 0 saturated carbocycles. The molecular formula is C21H22N2O9S. The molecule has 0 spiro atoms. The van der Waals surface area contributed by atoms with Gasteiger partial charge in [0.15, 0.2) is 23.9 Å². The maximum atomic E-state index is 12.4. The highest BCUT2D eigenvalue weighted by molar-refractivity contribution is 7.89. The lowest BCUT2D eigenvalue weighted by atomic mass is 10.1.